The monoisotopic (exact) mass is 203 g/mol. The van der Waals surface area contributed by atoms with E-state index in [4.69, 9.17) is 11.6 Å². The molecule has 0 atom stereocenters. The summed E-state index contributed by atoms with van der Waals surface area (Å²) in [5.41, 5.74) is 1.68. The van der Waals surface area contributed by atoms with Crippen LogP contribution in [0.5, 0.6) is 0 Å². The summed E-state index contributed by atoms with van der Waals surface area (Å²) in [6.45, 7) is 10.7. The van der Waals surface area contributed by atoms with Crippen LogP contribution in [0.25, 0.3) is 0 Å². The number of alkyl halides is 1. The molecule has 1 nitrogen and oxygen atoms in total. The highest BCUT2D eigenvalue weighted by Crippen LogP contribution is 2.19. The molecule has 0 amide bonds. The smallest absolute Gasteiger partial charge is 0.0229 e. The molecule has 0 aromatic heterocycles. The van der Waals surface area contributed by atoms with Gasteiger partial charge in [-0.15, -0.1) is 11.6 Å². The minimum atomic E-state index is 0.317. The lowest BCUT2D eigenvalue weighted by molar-refractivity contribution is 0.336. The Kier molecular flexibility index (Phi) is 6.44. The number of hydrogen-bond acceptors (Lipinski definition) is 1. The molecule has 0 rings (SSSR count). The summed E-state index contributed by atoms with van der Waals surface area (Å²) in [5, 5.41) is 3.41. The lowest BCUT2D eigenvalue weighted by Crippen LogP contribution is -2.29. The Morgan fingerprint density at radius 3 is 2.46 bits per heavy atom. The van der Waals surface area contributed by atoms with Gasteiger partial charge in [0.2, 0.25) is 0 Å². The predicted molar refractivity (Wildman–Crippen MR) is 61.4 cm³/mol. The third kappa shape index (κ3) is 8.32. The molecule has 0 spiro atoms. The Balaban J connectivity index is 3.57. The summed E-state index contributed by atoms with van der Waals surface area (Å²) in [5.74, 6) is 0.747. The zero-order chi connectivity index (χ0) is 10.3. The van der Waals surface area contributed by atoms with E-state index in [2.05, 4.69) is 39.1 Å². The lowest BCUT2D eigenvalue weighted by Gasteiger charge is -2.23. The largest absolute Gasteiger partial charge is 0.313 e. The highest BCUT2D eigenvalue weighted by Gasteiger charge is 2.15. The molecule has 0 aliphatic heterocycles. The highest BCUT2D eigenvalue weighted by atomic mass is 35.5. The summed E-state index contributed by atoms with van der Waals surface area (Å²) in [7, 11) is 0. The minimum Gasteiger partial charge on any atom is -0.313 e. The van der Waals surface area contributed by atoms with Gasteiger partial charge >= 0.3 is 0 Å². The first-order valence-electron chi connectivity index (χ1n) is 4.88. The number of allylic oxidation sites excluding steroid dienone is 1. The standard InChI is InChI=1S/C11H22ClN/c1-10(2)5-8-13-9-11(3,4)6-7-12/h5,13H,6-9H2,1-4H3. The van der Waals surface area contributed by atoms with Crippen LogP contribution < -0.4 is 5.32 Å². The maximum Gasteiger partial charge on any atom is 0.0229 e. The van der Waals surface area contributed by atoms with Gasteiger partial charge in [-0.05, 0) is 25.7 Å². The zero-order valence-electron chi connectivity index (χ0n) is 9.28. The average molecular weight is 204 g/mol. The Morgan fingerprint density at radius 1 is 1.38 bits per heavy atom. The Labute approximate surface area is 87.6 Å². The van der Waals surface area contributed by atoms with E-state index >= 15 is 0 Å². The van der Waals surface area contributed by atoms with E-state index in [-0.39, 0.29) is 0 Å². The molecule has 0 aliphatic rings. The maximum absolute atomic E-state index is 5.71. The highest BCUT2D eigenvalue weighted by molar-refractivity contribution is 6.17. The van der Waals surface area contributed by atoms with Crippen molar-refractivity contribution in [2.75, 3.05) is 19.0 Å². The Hall–Kier alpha value is -0.0100. The van der Waals surface area contributed by atoms with Gasteiger partial charge in [0, 0.05) is 19.0 Å². The first-order valence-corrected chi connectivity index (χ1v) is 5.41. The van der Waals surface area contributed by atoms with Crippen LogP contribution in [-0.2, 0) is 0 Å². The molecule has 0 unspecified atom stereocenters. The second-order valence-corrected chi connectivity index (χ2v) is 4.89. The third-order valence-electron chi connectivity index (χ3n) is 2.03. The normalized spacial score (nSPS) is 11.5. The molecule has 0 aromatic carbocycles. The van der Waals surface area contributed by atoms with E-state index in [1.807, 2.05) is 0 Å². The minimum absolute atomic E-state index is 0.317. The van der Waals surface area contributed by atoms with Gasteiger partial charge in [0.25, 0.3) is 0 Å². The molecule has 0 fully saturated rings. The second kappa shape index (κ2) is 6.44. The van der Waals surface area contributed by atoms with Crippen molar-refractivity contribution in [1.82, 2.24) is 5.32 Å². The number of nitrogens with one attached hydrogen (secondary N) is 1. The summed E-state index contributed by atoms with van der Waals surface area (Å²) in [4.78, 5) is 0. The molecule has 0 saturated heterocycles. The molecular weight excluding hydrogens is 182 g/mol. The van der Waals surface area contributed by atoms with Gasteiger partial charge in [-0.2, -0.15) is 0 Å². The van der Waals surface area contributed by atoms with E-state index < -0.39 is 0 Å². The molecule has 0 radical (unpaired) electrons. The van der Waals surface area contributed by atoms with Crippen LogP contribution in [0.1, 0.15) is 34.1 Å². The van der Waals surface area contributed by atoms with Crippen LogP contribution in [0.4, 0.5) is 0 Å². The maximum atomic E-state index is 5.71. The van der Waals surface area contributed by atoms with Crippen molar-refractivity contribution in [3.05, 3.63) is 11.6 Å². The number of halogens is 1. The molecule has 0 saturated carbocycles. The van der Waals surface area contributed by atoms with E-state index in [1.165, 1.54) is 5.57 Å². The molecule has 0 aliphatic carbocycles. The molecule has 0 heterocycles. The van der Waals surface area contributed by atoms with Gasteiger partial charge in [-0.1, -0.05) is 25.5 Å². The summed E-state index contributed by atoms with van der Waals surface area (Å²) >= 11 is 5.71. The zero-order valence-corrected chi connectivity index (χ0v) is 10.0. The quantitative estimate of drug-likeness (QED) is 0.397. The van der Waals surface area contributed by atoms with Crippen molar-refractivity contribution in [3.8, 4) is 0 Å². The fourth-order valence-electron chi connectivity index (χ4n) is 1.03. The van der Waals surface area contributed by atoms with Crippen molar-refractivity contribution in [2.24, 2.45) is 5.41 Å². The SMILES string of the molecule is CC(C)=CCNCC(C)(C)CCCl. The van der Waals surface area contributed by atoms with Crippen molar-refractivity contribution < 1.29 is 0 Å². The molecule has 1 N–H and O–H groups in total. The van der Waals surface area contributed by atoms with Crippen LogP contribution >= 0.6 is 11.6 Å². The van der Waals surface area contributed by atoms with Gasteiger partial charge in [-0.3, -0.25) is 0 Å². The fourth-order valence-corrected chi connectivity index (χ4v) is 1.54. The molecule has 0 aromatic rings. The van der Waals surface area contributed by atoms with Gasteiger partial charge in [0.15, 0.2) is 0 Å². The summed E-state index contributed by atoms with van der Waals surface area (Å²) in [6.07, 6.45) is 3.27. The third-order valence-corrected chi connectivity index (χ3v) is 2.22. The Morgan fingerprint density at radius 2 is 2.00 bits per heavy atom. The molecular formula is C11H22ClN. The van der Waals surface area contributed by atoms with Crippen molar-refractivity contribution in [1.29, 1.82) is 0 Å². The summed E-state index contributed by atoms with van der Waals surface area (Å²) < 4.78 is 0. The van der Waals surface area contributed by atoms with Crippen molar-refractivity contribution in [3.63, 3.8) is 0 Å². The van der Waals surface area contributed by atoms with E-state index in [0.717, 1.165) is 25.4 Å². The number of hydrogen-bond donors (Lipinski definition) is 1. The second-order valence-electron chi connectivity index (χ2n) is 4.52. The Bertz CT molecular complexity index is 157. The summed E-state index contributed by atoms with van der Waals surface area (Å²) in [6, 6.07) is 0. The topological polar surface area (TPSA) is 12.0 Å². The van der Waals surface area contributed by atoms with Crippen molar-refractivity contribution in [2.45, 2.75) is 34.1 Å². The van der Waals surface area contributed by atoms with E-state index in [1.54, 1.807) is 0 Å². The van der Waals surface area contributed by atoms with Gasteiger partial charge in [0.05, 0.1) is 0 Å². The van der Waals surface area contributed by atoms with Crippen LogP contribution in [0.2, 0.25) is 0 Å². The number of rotatable bonds is 6. The van der Waals surface area contributed by atoms with Gasteiger partial charge in [0.1, 0.15) is 0 Å². The van der Waals surface area contributed by atoms with Gasteiger partial charge < -0.3 is 5.32 Å². The van der Waals surface area contributed by atoms with Crippen LogP contribution in [-0.4, -0.2) is 19.0 Å². The average Bonchev–Trinajstić information content (AvgIpc) is 1.98. The van der Waals surface area contributed by atoms with E-state index in [0.29, 0.717) is 5.41 Å². The van der Waals surface area contributed by atoms with Crippen LogP contribution in [0.3, 0.4) is 0 Å². The van der Waals surface area contributed by atoms with Gasteiger partial charge in [-0.25, -0.2) is 0 Å². The van der Waals surface area contributed by atoms with Crippen LogP contribution in [0, 0.1) is 5.41 Å². The first kappa shape index (κ1) is 13.0. The molecule has 13 heavy (non-hydrogen) atoms. The molecule has 78 valence electrons. The first-order chi connectivity index (χ1) is 5.98. The molecule has 2 heteroatoms. The predicted octanol–water partition coefficient (Wildman–Crippen LogP) is 3.20. The fraction of sp³-hybridized carbons (Fsp3) is 0.818. The van der Waals surface area contributed by atoms with Crippen molar-refractivity contribution >= 4 is 11.6 Å². The van der Waals surface area contributed by atoms with Crippen LogP contribution in [0.15, 0.2) is 11.6 Å². The molecule has 0 bridgehead atoms. The lowest BCUT2D eigenvalue weighted by atomic mass is 9.90. The van der Waals surface area contributed by atoms with E-state index in [9.17, 15) is 0 Å².